The van der Waals surface area contributed by atoms with Crippen LogP contribution in [-0.2, 0) is 16.8 Å². The molecule has 1 amide bonds. The fraction of sp³-hybridized carbons (Fsp3) is 0.174. The molecule has 1 aliphatic heterocycles. The highest BCUT2D eigenvalue weighted by Crippen LogP contribution is 2.42. The minimum Gasteiger partial charge on any atom is -0.375 e. The van der Waals surface area contributed by atoms with Gasteiger partial charge in [-0.1, -0.05) is 54.6 Å². The minimum absolute atomic E-state index is 0.240. The molecule has 0 unspecified atom stereocenters. The summed E-state index contributed by atoms with van der Waals surface area (Å²) in [6.45, 7) is 0.431. The van der Waals surface area contributed by atoms with E-state index in [0.717, 1.165) is 5.56 Å². The van der Waals surface area contributed by atoms with E-state index in [2.05, 4.69) is 4.98 Å². The second kappa shape index (κ2) is 7.37. The molecule has 0 fully saturated rings. The smallest absolute Gasteiger partial charge is 0.264 e. The predicted molar refractivity (Wildman–Crippen MR) is 106 cm³/mol. The number of hydrogen-bond acceptors (Lipinski definition) is 4. The first-order valence-electron chi connectivity index (χ1n) is 9.21. The molecular formula is C23H20N2O3. The Bertz CT molecular complexity index is 1000. The zero-order valence-electron chi connectivity index (χ0n) is 15.3. The Labute approximate surface area is 163 Å². The number of rotatable bonds is 6. The average molecular weight is 372 g/mol. The number of hydrogen-bond donors (Lipinski definition) is 1. The van der Waals surface area contributed by atoms with Crippen LogP contribution in [0.3, 0.4) is 0 Å². The van der Waals surface area contributed by atoms with Crippen molar-refractivity contribution in [2.24, 2.45) is 0 Å². The Balaban J connectivity index is 1.61. The molecule has 28 heavy (non-hydrogen) atoms. The molecule has 5 heteroatoms. The van der Waals surface area contributed by atoms with Gasteiger partial charge in [0.2, 0.25) is 0 Å². The molecule has 0 saturated carbocycles. The largest absolute Gasteiger partial charge is 0.375 e. The first-order chi connectivity index (χ1) is 13.6. The highest BCUT2D eigenvalue weighted by atomic mass is 16.3. The number of Topliss-reactive ketones (excluding diaryl/α,β-unsaturated/α-hetero) is 1. The Morgan fingerprint density at radius 3 is 2.43 bits per heavy atom. The quantitative estimate of drug-likeness (QED) is 0.675. The lowest BCUT2D eigenvalue weighted by atomic mass is 9.89. The van der Waals surface area contributed by atoms with Crippen molar-refractivity contribution in [3.63, 3.8) is 0 Å². The van der Waals surface area contributed by atoms with Gasteiger partial charge in [-0.3, -0.25) is 14.6 Å². The van der Waals surface area contributed by atoms with Gasteiger partial charge >= 0.3 is 0 Å². The van der Waals surface area contributed by atoms with Gasteiger partial charge in [-0.25, -0.2) is 0 Å². The molecule has 4 rings (SSSR count). The first kappa shape index (κ1) is 18.1. The summed E-state index contributed by atoms with van der Waals surface area (Å²) in [4.78, 5) is 31.4. The summed E-state index contributed by atoms with van der Waals surface area (Å²) in [5, 5.41) is 11.3. The number of amides is 1. The Morgan fingerprint density at radius 2 is 1.68 bits per heavy atom. The summed E-state index contributed by atoms with van der Waals surface area (Å²) in [5.41, 5.74) is 0.593. The number of aromatic nitrogens is 1. The van der Waals surface area contributed by atoms with Crippen LogP contribution in [0.25, 0.3) is 0 Å². The molecular weight excluding hydrogens is 352 g/mol. The maximum Gasteiger partial charge on any atom is 0.264 e. The molecule has 0 aliphatic carbocycles. The van der Waals surface area contributed by atoms with Gasteiger partial charge in [-0.15, -0.1) is 0 Å². The van der Waals surface area contributed by atoms with E-state index in [1.54, 1.807) is 41.3 Å². The maximum atomic E-state index is 13.2. The third-order valence-corrected chi connectivity index (χ3v) is 5.07. The monoisotopic (exact) mass is 372 g/mol. The summed E-state index contributed by atoms with van der Waals surface area (Å²) in [7, 11) is 0. The van der Waals surface area contributed by atoms with E-state index in [1.165, 1.54) is 6.20 Å². The van der Waals surface area contributed by atoms with Crippen molar-refractivity contribution < 1.29 is 14.7 Å². The second-order valence-corrected chi connectivity index (χ2v) is 6.88. The summed E-state index contributed by atoms with van der Waals surface area (Å²) >= 11 is 0. The fourth-order valence-electron chi connectivity index (χ4n) is 3.64. The molecule has 1 aliphatic rings. The minimum atomic E-state index is -1.87. The molecule has 2 aromatic carbocycles. The van der Waals surface area contributed by atoms with Crippen molar-refractivity contribution in [1.29, 1.82) is 0 Å². The number of anilines is 1. The van der Waals surface area contributed by atoms with E-state index in [9.17, 15) is 14.7 Å². The van der Waals surface area contributed by atoms with Crippen LogP contribution in [0.4, 0.5) is 5.69 Å². The maximum absolute atomic E-state index is 13.2. The molecule has 1 aromatic heterocycles. The molecule has 5 nitrogen and oxygen atoms in total. The van der Waals surface area contributed by atoms with Crippen LogP contribution in [0.5, 0.6) is 0 Å². The van der Waals surface area contributed by atoms with Gasteiger partial charge in [-0.2, -0.15) is 0 Å². The Kier molecular flexibility index (Phi) is 4.75. The molecule has 1 N–H and O–H groups in total. The molecule has 3 aromatic rings. The van der Waals surface area contributed by atoms with Crippen LogP contribution in [0.15, 0.2) is 79.0 Å². The SMILES string of the molecule is O=C(C[C@@]1(O)C(=O)N(CCc2ccccc2)c2ccccc21)c1ccccn1. The first-order valence-corrected chi connectivity index (χ1v) is 9.21. The van der Waals surface area contributed by atoms with E-state index in [4.69, 9.17) is 0 Å². The topological polar surface area (TPSA) is 70.5 Å². The predicted octanol–water partition coefficient (Wildman–Crippen LogP) is 3.13. The standard InChI is InChI=1S/C23H20N2O3/c26-21(19-11-6-7-14-24-19)16-23(28)18-10-4-5-12-20(18)25(22(23)27)15-13-17-8-2-1-3-9-17/h1-12,14,28H,13,15-16H2/t23-/m0/s1. The van der Waals surface area contributed by atoms with E-state index in [-0.39, 0.29) is 17.9 Å². The van der Waals surface area contributed by atoms with Gasteiger partial charge in [-0.05, 0) is 30.2 Å². The Morgan fingerprint density at radius 1 is 0.964 bits per heavy atom. The normalized spacial score (nSPS) is 18.2. The van der Waals surface area contributed by atoms with Gasteiger partial charge in [0.25, 0.3) is 5.91 Å². The number of fused-ring (bicyclic) bond motifs is 1. The van der Waals surface area contributed by atoms with E-state index >= 15 is 0 Å². The van der Waals surface area contributed by atoms with Gasteiger partial charge in [0, 0.05) is 18.3 Å². The molecule has 0 bridgehead atoms. The van der Waals surface area contributed by atoms with Gasteiger partial charge in [0.05, 0.1) is 12.1 Å². The van der Waals surface area contributed by atoms with Crippen molar-refractivity contribution in [3.8, 4) is 0 Å². The van der Waals surface area contributed by atoms with Crippen LogP contribution in [0, 0.1) is 0 Å². The molecule has 0 spiro atoms. The number of nitrogens with zero attached hydrogens (tertiary/aromatic N) is 2. The van der Waals surface area contributed by atoms with Crippen molar-refractivity contribution in [2.75, 3.05) is 11.4 Å². The molecule has 0 radical (unpaired) electrons. The van der Waals surface area contributed by atoms with Crippen molar-refractivity contribution in [2.45, 2.75) is 18.4 Å². The van der Waals surface area contributed by atoms with E-state index in [0.29, 0.717) is 24.2 Å². The van der Waals surface area contributed by atoms with Crippen molar-refractivity contribution in [1.82, 2.24) is 4.98 Å². The average Bonchev–Trinajstić information content (AvgIpc) is 2.95. The molecule has 2 heterocycles. The second-order valence-electron chi connectivity index (χ2n) is 6.88. The van der Waals surface area contributed by atoms with Gasteiger partial charge in [0.1, 0.15) is 5.69 Å². The summed E-state index contributed by atoms with van der Waals surface area (Å²) in [6, 6.07) is 22.0. The molecule has 140 valence electrons. The van der Waals surface area contributed by atoms with Crippen LogP contribution in [-0.4, -0.2) is 28.3 Å². The number of para-hydroxylation sites is 1. The summed E-state index contributed by atoms with van der Waals surface area (Å²) < 4.78 is 0. The van der Waals surface area contributed by atoms with E-state index in [1.807, 2.05) is 36.4 Å². The number of benzene rings is 2. The van der Waals surface area contributed by atoms with Crippen LogP contribution in [0.2, 0.25) is 0 Å². The molecule has 1 atom stereocenters. The molecule has 0 saturated heterocycles. The highest BCUT2D eigenvalue weighted by molar-refractivity contribution is 6.10. The highest BCUT2D eigenvalue weighted by Gasteiger charge is 2.50. The van der Waals surface area contributed by atoms with E-state index < -0.39 is 11.5 Å². The zero-order chi connectivity index (χ0) is 19.6. The summed E-state index contributed by atoms with van der Waals surface area (Å²) in [5.74, 6) is -0.829. The number of carbonyl (C=O) groups is 2. The van der Waals surface area contributed by atoms with Gasteiger partial charge in [0.15, 0.2) is 11.4 Å². The van der Waals surface area contributed by atoms with Crippen molar-refractivity contribution >= 4 is 17.4 Å². The summed E-state index contributed by atoms with van der Waals surface area (Å²) in [6.07, 6.45) is 1.85. The zero-order valence-corrected chi connectivity index (χ0v) is 15.3. The number of carbonyl (C=O) groups excluding carboxylic acids is 2. The van der Waals surface area contributed by atoms with Gasteiger partial charge < -0.3 is 10.0 Å². The number of aliphatic hydroxyl groups is 1. The van der Waals surface area contributed by atoms with Crippen molar-refractivity contribution in [3.05, 3.63) is 95.8 Å². The van der Waals surface area contributed by atoms with Crippen LogP contribution < -0.4 is 4.90 Å². The lowest BCUT2D eigenvalue weighted by molar-refractivity contribution is -0.135. The number of ketones is 1. The number of pyridine rings is 1. The van der Waals surface area contributed by atoms with Crippen LogP contribution >= 0.6 is 0 Å². The lowest BCUT2D eigenvalue weighted by Crippen LogP contribution is -2.42. The fourth-order valence-corrected chi connectivity index (χ4v) is 3.64. The van der Waals surface area contributed by atoms with Crippen LogP contribution in [0.1, 0.15) is 28.0 Å². The third-order valence-electron chi connectivity index (χ3n) is 5.07. The third kappa shape index (κ3) is 3.21. The Hall–Kier alpha value is -3.31. The lowest BCUT2D eigenvalue weighted by Gasteiger charge is -2.22.